The van der Waals surface area contributed by atoms with Gasteiger partial charge in [0.15, 0.2) is 4.77 Å². The Kier molecular flexibility index (Phi) is 3.69. The average Bonchev–Trinajstić information content (AvgIpc) is 2.34. The third-order valence-corrected chi connectivity index (χ3v) is 2.18. The molecular formula is C9H16N2OS. The van der Waals surface area contributed by atoms with E-state index in [0.717, 1.165) is 17.0 Å². The van der Waals surface area contributed by atoms with Crippen molar-refractivity contribution in [2.45, 2.75) is 33.4 Å². The zero-order valence-corrected chi connectivity index (χ0v) is 9.15. The summed E-state index contributed by atoms with van der Waals surface area (Å²) in [7, 11) is 0. The number of nitrogens with zero attached hydrogens (tertiary/aromatic N) is 1. The van der Waals surface area contributed by atoms with Gasteiger partial charge in [-0.2, -0.15) is 0 Å². The van der Waals surface area contributed by atoms with Gasteiger partial charge in [-0.15, -0.1) is 0 Å². The van der Waals surface area contributed by atoms with E-state index in [0.29, 0.717) is 6.61 Å². The van der Waals surface area contributed by atoms with Crippen molar-refractivity contribution >= 4 is 12.2 Å². The fourth-order valence-electron chi connectivity index (χ4n) is 1.14. The normalized spacial score (nSPS) is 11.1. The van der Waals surface area contributed by atoms with Crippen LogP contribution in [0, 0.1) is 11.7 Å². The Hall–Kier alpha value is -0.610. The summed E-state index contributed by atoms with van der Waals surface area (Å²) in [5, 5.41) is 0. The number of nitrogens with one attached hydrogen (secondary N) is 1. The summed E-state index contributed by atoms with van der Waals surface area (Å²) >= 11 is 5.10. The summed E-state index contributed by atoms with van der Waals surface area (Å²) in [5.74, 6) is 0. The maximum atomic E-state index is 5.44. The van der Waals surface area contributed by atoms with Gasteiger partial charge < -0.3 is 14.3 Å². The second-order valence-electron chi connectivity index (χ2n) is 3.31. The van der Waals surface area contributed by atoms with Crippen molar-refractivity contribution in [1.29, 1.82) is 0 Å². The molecule has 0 aliphatic heterocycles. The van der Waals surface area contributed by atoms with E-state index in [1.54, 1.807) is 0 Å². The predicted molar refractivity (Wildman–Crippen MR) is 55.4 cm³/mol. The van der Waals surface area contributed by atoms with E-state index in [1.807, 2.05) is 31.5 Å². The minimum absolute atomic E-state index is 0.286. The molecule has 0 aliphatic rings. The lowest BCUT2D eigenvalue weighted by Gasteiger charge is -2.08. The van der Waals surface area contributed by atoms with Crippen LogP contribution in [0.4, 0.5) is 0 Å². The molecular weight excluding hydrogens is 184 g/mol. The number of aromatic nitrogens is 2. The molecule has 0 aliphatic carbocycles. The topological polar surface area (TPSA) is 29.9 Å². The van der Waals surface area contributed by atoms with Crippen LogP contribution >= 0.6 is 12.2 Å². The maximum Gasteiger partial charge on any atom is 0.177 e. The summed E-state index contributed by atoms with van der Waals surface area (Å²) < 4.78 is 8.25. The monoisotopic (exact) mass is 200 g/mol. The first-order valence-corrected chi connectivity index (χ1v) is 4.88. The van der Waals surface area contributed by atoms with E-state index in [-0.39, 0.29) is 6.10 Å². The Balaban J connectivity index is 2.50. The lowest BCUT2D eigenvalue weighted by atomic mass is 10.5. The zero-order chi connectivity index (χ0) is 9.84. The van der Waals surface area contributed by atoms with E-state index in [1.165, 1.54) is 0 Å². The van der Waals surface area contributed by atoms with Gasteiger partial charge >= 0.3 is 0 Å². The Morgan fingerprint density at radius 1 is 1.62 bits per heavy atom. The smallest absolute Gasteiger partial charge is 0.177 e. The highest BCUT2D eigenvalue weighted by atomic mass is 32.1. The number of imidazole rings is 1. The number of aromatic amines is 1. The molecule has 0 amide bonds. The average molecular weight is 200 g/mol. The van der Waals surface area contributed by atoms with Crippen LogP contribution in [-0.4, -0.2) is 22.3 Å². The molecule has 3 nitrogen and oxygen atoms in total. The minimum Gasteiger partial charge on any atom is -0.377 e. The van der Waals surface area contributed by atoms with Gasteiger partial charge in [0.25, 0.3) is 0 Å². The van der Waals surface area contributed by atoms with Crippen LogP contribution < -0.4 is 0 Å². The first-order valence-electron chi connectivity index (χ1n) is 4.47. The van der Waals surface area contributed by atoms with E-state index in [9.17, 15) is 0 Å². The molecule has 0 saturated heterocycles. The third kappa shape index (κ3) is 2.97. The number of ether oxygens (including phenoxy) is 1. The number of H-pyrrole nitrogens is 1. The van der Waals surface area contributed by atoms with Crippen LogP contribution in [0.2, 0.25) is 0 Å². The van der Waals surface area contributed by atoms with Crippen molar-refractivity contribution in [3.8, 4) is 0 Å². The molecule has 13 heavy (non-hydrogen) atoms. The van der Waals surface area contributed by atoms with Crippen LogP contribution in [0.3, 0.4) is 0 Å². The molecule has 74 valence electrons. The first-order chi connectivity index (χ1) is 6.11. The van der Waals surface area contributed by atoms with E-state index in [4.69, 9.17) is 17.0 Å². The van der Waals surface area contributed by atoms with Crippen LogP contribution in [0.1, 0.15) is 19.5 Å². The van der Waals surface area contributed by atoms with Gasteiger partial charge in [-0.25, -0.2) is 0 Å². The number of rotatable bonds is 4. The molecule has 1 aromatic rings. The van der Waals surface area contributed by atoms with Gasteiger partial charge in [-0.05, 0) is 33.0 Å². The van der Waals surface area contributed by atoms with Crippen molar-refractivity contribution in [1.82, 2.24) is 9.55 Å². The zero-order valence-electron chi connectivity index (χ0n) is 8.33. The van der Waals surface area contributed by atoms with Gasteiger partial charge in [0.2, 0.25) is 0 Å². The molecule has 1 rings (SSSR count). The highest BCUT2D eigenvalue weighted by molar-refractivity contribution is 7.71. The van der Waals surface area contributed by atoms with Crippen LogP contribution in [-0.2, 0) is 11.3 Å². The molecule has 0 atom stereocenters. The third-order valence-electron chi connectivity index (χ3n) is 1.84. The molecule has 0 spiro atoms. The van der Waals surface area contributed by atoms with Gasteiger partial charge in [-0.1, -0.05) is 0 Å². The molecule has 0 fully saturated rings. The quantitative estimate of drug-likeness (QED) is 0.756. The molecule has 1 N–H and O–H groups in total. The van der Waals surface area contributed by atoms with E-state index in [2.05, 4.69) is 4.98 Å². The molecule has 0 aromatic carbocycles. The van der Waals surface area contributed by atoms with Gasteiger partial charge in [0, 0.05) is 18.4 Å². The highest BCUT2D eigenvalue weighted by Gasteiger charge is 1.99. The number of hydrogen-bond acceptors (Lipinski definition) is 2. The van der Waals surface area contributed by atoms with Crippen LogP contribution in [0.25, 0.3) is 0 Å². The van der Waals surface area contributed by atoms with Gasteiger partial charge in [-0.3, -0.25) is 0 Å². The molecule has 0 unspecified atom stereocenters. The Morgan fingerprint density at radius 3 is 2.77 bits per heavy atom. The summed E-state index contributed by atoms with van der Waals surface area (Å²) in [4.78, 5) is 3.00. The minimum atomic E-state index is 0.286. The largest absolute Gasteiger partial charge is 0.377 e. The first kappa shape index (κ1) is 10.5. The maximum absolute atomic E-state index is 5.44. The highest BCUT2D eigenvalue weighted by Crippen LogP contribution is 2.00. The molecule has 1 heterocycles. The molecule has 4 heteroatoms. The molecule has 1 aromatic heterocycles. The number of hydrogen-bond donors (Lipinski definition) is 1. The predicted octanol–water partition coefficient (Wildman–Crippen LogP) is 2.28. The Morgan fingerprint density at radius 2 is 2.31 bits per heavy atom. The van der Waals surface area contributed by atoms with Crippen LogP contribution in [0.5, 0.6) is 0 Å². The van der Waals surface area contributed by atoms with Gasteiger partial charge in [0.1, 0.15) is 0 Å². The lowest BCUT2D eigenvalue weighted by molar-refractivity contribution is 0.0723. The fourth-order valence-corrected chi connectivity index (χ4v) is 1.43. The second-order valence-corrected chi connectivity index (χ2v) is 3.69. The SMILES string of the molecule is Cc1c[nH]c(=S)n1CCOC(C)C. The van der Waals surface area contributed by atoms with Crippen molar-refractivity contribution in [2.24, 2.45) is 0 Å². The second kappa shape index (κ2) is 4.58. The molecule has 0 radical (unpaired) electrons. The van der Waals surface area contributed by atoms with E-state index < -0.39 is 0 Å². The van der Waals surface area contributed by atoms with Crippen molar-refractivity contribution in [2.75, 3.05) is 6.61 Å². The van der Waals surface area contributed by atoms with Crippen molar-refractivity contribution < 1.29 is 4.74 Å². The van der Waals surface area contributed by atoms with Gasteiger partial charge in [0.05, 0.1) is 12.7 Å². The number of aryl methyl sites for hydroxylation is 1. The van der Waals surface area contributed by atoms with Crippen molar-refractivity contribution in [3.63, 3.8) is 0 Å². The van der Waals surface area contributed by atoms with Crippen LogP contribution in [0.15, 0.2) is 6.20 Å². The summed E-state index contributed by atoms with van der Waals surface area (Å²) in [6.45, 7) is 7.63. The van der Waals surface area contributed by atoms with E-state index >= 15 is 0 Å². The fraction of sp³-hybridized carbons (Fsp3) is 0.667. The Bertz CT molecular complexity index is 314. The Labute approximate surface area is 83.7 Å². The molecule has 0 saturated carbocycles. The standard InChI is InChI=1S/C9H16N2OS/c1-7(2)12-5-4-11-8(3)6-10-9(11)13/h6-7H,4-5H2,1-3H3,(H,10,13). The lowest BCUT2D eigenvalue weighted by Crippen LogP contribution is -2.11. The summed E-state index contributed by atoms with van der Waals surface area (Å²) in [6.07, 6.45) is 2.20. The van der Waals surface area contributed by atoms with Crippen molar-refractivity contribution in [3.05, 3.63) is 16.7 Å². The summed E-state index contributed by atoms with van der Waals surface area (Å²) in [5.41, 5.74) is 1.15. The molecule has 0 bridgehead atoms. The summed E-state index contributed by atoms with van der Waals surface area (Å²) in [6, 6.07) is 0.